The van der Waals surface area contributed by atoms with Crippen molar-refractivity contribution in [3.05, 3.63) is 5.82 Å². The molecule has 1 saturated heterocycles. The van der Waals surface area contributed by atoms with Gasteiger partial charge in [-0.15, -0.1) is 0 Å². The average molecular weight is 184 g/mol. The Morgan fingerprint density at radius 1 is 1.58 bits per heavy atom. The van der Waals surface area contributed by atoms with E-state index in [9.17, 15) is 0 Å². The molecule has 2 rings (SSSR count). The minimum atomic E-state index is -0.0282. The summed E-state index contributed by atoms with van der Waals surface area (Å²) in [6.07, 6.45) is 0. The fourth-order valence-corrected chi connectivity index (χ4v) is 2.05. The summed E-state index contributed by atoms with van der Waals surface area (Å²) in [4.78, 5) is 6.43. The molecule has 1 aromatic heterocycles. The summed E-state index contributed by atoms with van der Waals surface area (Å²) in [5.41, 5.74) is 5.84. The molecule has 0 spiro atoms. The normalized spacial score (nSPS) is 20.8. The van der Waals surface area contributed by atoms with Crippen molar-refractivity contribution in [2.75, 3.05) is 18.0 Å². The molecule has 1 aromatic rings. The number of rotatable bonds is 1. The van der Waals surface area contributed by atoms with E-state index < -0.39 is 0 Å². The van der Waals surface area contributed by atoms with Gasteiger partial charge < -0.3 is 10.6 Å². The molecule has 1 aliphatic heterocycles. The fourth-order valence-electron chi connectivity index (χ4n) is 1.38. The predicted molar refractivity (Wildman–Crippen MR) is 49.5 cm³/mol. The monoisotopic (exact) mass is 184 g/mol. The zero-order valence-electron chi connectivity index (χ0n) is 7.24. The minimum Gasteiger partial charge on any atom is -0.343 e. The molecule has 12 heavy (non-hydrogen) atoms. The van der Waals surface area contributed by atoms with Crippen LogP contribution in [0.2, 0.25) is 0 Å². The van der Waals surface area contributed by atoms with Crippen LogP contribution in [-0.4, -0.2) is 28.0 Å². The molecule has 1 aliphatic rings. The Morgan fingerprint density at radius 2 is 2.25 bits per heavy atom. The largest absolute Gasteiger partial charge is 0.343 e. The highest BCUT2D eigenvalue weighted by molar-refractivity contribution is 7.09. The highest BCUT2D eigenvalue weighted by Gasteiger charge is 2.36. The van der Waals surface area contributed by atoms with Crippen molar-refractivity contribution >= 4 is 16.7 Å². The maximum absolute atomic E-state index is 5.87. The van der Waals surface area contributed by atoms with Gasteiger partial charge in [-0.2, -0.15) is 4.37 Å². The highest BCUT2D eigenvalue weighted by Crippen LogP contribution is 2.26. The molecule has 0 unspecified atom stereocenters. The molecule has 0 aromatic carbocycles. The van der Waals surface area contributed by atoms with Crippen LogP contribution >= 0.6 is 11.5 Å². The van der Waals surface area contributed by atoms with Crippen LogP contribution in [0.5, 0.6) is 0 Å². The second-order valence-corrected chi connectivity index (χ2v) is 4.36. The SMILES string of the molecule is Cc1nsc(N2CC(C)(N)C2)n1. The van der Waals surface area contributed by atoms with Crippen molar-refractivity contribution in [2.24, 2.45) is 5.73 Å². The summed E-state index contributed by atoms with van der Waals surface area (Å²) in [7, 11) is 0. The van der Waals surface area contributed by atoms with E-state index in [1.807, 2.05) is 6.92 Å². The van der Waals surface area contributed by atoms with Crippen LogP contribution in [-0.2, 0) is 0 Å². The van der Waals surface area contributed by atoms with E-state index in [1.54, 1.807) is 0 Å². The molecule has 0 bridgehead atoms. The number of hydrogen-bond acceptors (Lipinski definition) is 5. The van der Waals surface area contributed by atoms with Crippen LogP contribution in [0.1, 0.15) is 12.7 Å². The first kappa shape index (κ1) is 7.94. The molecule has 2 N–H and O–H groups in total. The molecule has 0 radical (unpaired) electrons. The molecule has 0 amide bonds. The van der Waals surface area contributed by atoms with E-state index in [-0.39, 0.29) is 5.54 Å². The zero-order chi connectivity index (χ0) is 8.77. The van der Waals surface area contributed by atoms with Gasteiger partial charge in [-0.1, -0.05) is 0 Å². The summed E-state index contributed by atoms with van der Waals surface area (Å²) in [5, 5.41) is 0.996. The van der Waals surface area contributed by atoms with Crippen molar-refractivity contribution in [2.45, 2.75) is 19.4 Å². The number of hydrogen-bond donors (Lipinski definition) is 1. The van der Waals surface area contributed by atoms with E-state index in [1.165, 1.54) is 11.5 Å². The second kappa shape index (κ2) is 2.40. The van der Waals surface area contributed by atoms with Crippen LogP contribution in [0.15, 0.2) is 0 Å². The van der Waals surface area contributed by atoms with Gasteiger partial charge in [-0.05, 0) is 13.8 Å². The van der Waals surface area contributed by atoms with Crippen LogP contribution < -0.4 is 10.6 Å². The van der Waals surface area contributed by atoms with Gasteiger partial charge in [0.1, 0.15) is 5.82 Å². The lowest BCUT2D eigenvalue weighted by Crippen LogP contribution is -2.65. The van der Waals surface area contributed by atoms with Gasteiger partial charge >= 0.3 is 0 Å². The number of aromatic nitrogens is 2. The molecule has 0 aliphatic carbocycles. The van der Waals surface area contributed by atoms with E-state index in [0.29, 0.717) is 0 Å². The van der Waals surface area contributed by atoms with Crippen LogP contribution in [0, 0.1) is 6.92 Å². The summed E-state index contributed by atoms with van der Waals surface area (Å²) in [5.74, 6) is 0.848. The van der Waals surface area contributed by atoms with E-state index >= 15 is 0 Å². The molecule has 4 nitrogen and oxygen atoms in total. The first-order chi connectivity index (χ1) is 5.57. The maximum atomic E-state index is 5.87. The molecule has 2 heterocycles. The number of nitrogens with two attached hydrogens (primary N) is 1. The minimum absolute atomic E-state index is 0.0282. The Morgan fingerprint density at radius 3 is 2.67 bits per heavy atom. The third-order valence-electron chi connectivity index (χ3n) is 1.89. The van der Waals surface area contributed by atoms with Gasteiger partial charge in [-0.25, -0.2) is 4.98 Å². The van der Waals surface area contributed by atoms with Crippen molar-refractivity contribution in [3.8, 4) is 0 Å². The Kier molecular flexibility index (Phi) is 1.59. The quantitative estimate of drug-likeness (QED) is 0.685. The summed E-state index contributed by atoms with van der Waals surface area (Å²) < 4.78 is 4.12. The first-order valence-electron chi connectivity index (χ1n) is 3.91. The van der Waals surface area contributed by atoms with Gasteiger partial charge in [0.05, 0.1) is 0 Å². The van der Waals surface area contributed by atoms with Gasteiger partial charge in [0.2, 0.25) is 5.13 Å². The summed E-state index contributed by atoms with van der Waals surface area (Å²) >= 11 is 1.44. The molecular weight excluding hydrogens is 172 g/mol. The van der Waals surface area contributed by atoms with E-state index in [0.717, 1.165) is 24.0 Å². The molecule has 66 valence electrons. The van der Waals surface area contributed by atoms with Crippen LogP contribution in [0.4, 0.5) is 5.13 Å². The van der Waals surface area contributed by atoms with E-state index in [2.05, 4.69) is 21.2 Å². The average Bonchev–Trinajstić information content (AvgIpc) is 2.30. The van der Waals surface area contributed by atoms with Gasteiger partial charge in [-0.3, -0.25) is 0 Å². The maximum Gasteiger partial charge on any atom is 0.205 e. The number of nitrogens with zero attached hydrogens (tertiary/aromatic N) is 3. The Balaban J connectivity index is 2.06. The fraction of sp³-hybridized carbons (Fsp3) is 0.714. The Bertz CT molecular complexity index is 285. The molecular formula is C7H12N4S. The number of aryl methyl sites for hydroxylation is 1. The highest BCUT2D eigenvalue weighted by atomic mass is 32.1. The topological polar surface area (TPSA) is 55.0 Å². The second-order valence-electron chi connectivity index (χ2n) is 3.63. The van der Waals surface area contributed by atoms with Gasteiger partial charge in [0.25, 0.3) is 0 Å². The standard InChI is InChI=1S/C7H12N4S/c1-5-9-6(12-10-5)11-3-7(2,8)4-11/h3-4,8H2,1-2H3. The van der Waals surface area contributed by atoms with Crippen LogP contribution in [0.25, 0.3) is 0 Å². The summed E-state index contributed by atoms with van der Waals surface area (Å²) in [6, 6.07) is 0. The Hall–Kier alpha value is -0.680. The van der Waals surface area contributed by atoms with Crippen LogP contribution in [0.3, 0.4) is 0 Å². The zero-order valence-corrected chi connectivity index (χ0v) is 8.06. The molecule has 5 heteroatoms. The molecule has 0 atom stereocenters. The lowest BCUT2D eigenvalue weighted by atomic mass is 9.95. The third kappa shape index (κ3) is 1.30. The first-order valence-corrected chi connectivity index (χ1v) is 4.68. The third-order valence-corrected chi connectivity index (χ3v) is 2.76. The molecule has 1 fully saturated rings. The lowest BCUT2D eigenvalue weighted by molar-refractivity contribution is 0.365. The smallest absolute Gasteiger partial charge is 0.205 e. The van der Waals surface area contributed by atoms with Gasteiger partial charge in [0, 0.05) is 30.2 Å². The Labute approximate surface area is 75.6 Å². The lowest BCUT2D eigenvalue weighted by Gasteiger charge is -2.45. The predicted octanol–water partition coefficient (Wildman–Crippen LogP) is 0.384. The van der Waals surface area contributed by atoms with Crippen molar-refractivity contribution in [1.82, 2.24) is 9.36 Å². The van der Waals surface area contributed by atoms with Crippen molar-refractivity contribution < 1.29 is 0 Å². The summed E-state index contributed by atoms with van der Waals surface area (Å²) in [6.45, 7) is 5.74. The van der Waals surface area contributed by atoms with Gasteiger partial charge in [0.15, 0.2) is 0 Å². The number of anilines is 1. The van der Waals surface area contributed by atoms with E-state index in [4.69, 9.17) is 5.73 Å². The van der Waals surface area contributed by atoms with Crippen molar-refractivity contribution in [1.29, 1.82) is 0 Å². The molecule has 0 saturated carbocycles. The van der Waals surface area contributed by atoms with Crippen molar-refractivity contribution in [3.63, 3.8) is 0 Å².